The first-order valence-electron chi connectivity index (χ1n) is 9.42. The first-order chi connectivity index (χ1) is 13.3. The number of benzene rings is 1. The van der Waals surface area contributed by atoms with Crippen molar-refractivity contribution in [3.8, 4) is 5.75 Å². The number of carbonyl (C=O) groups is 1. The first kappa shape index (κ1) is 19.1. The van der Waals surface area contributed by atoms with Gasteiger partial charge in [0.25, 0.3) is 0 Å². The van der Waals surface area contributed by atoms with Crippen LogP contribution in [0.5, 0.6) is 5.75 Å². The van der Waals surface area contributed by atoms with Gasteiger partial charge in [0.15, 0.2) is 0 Å². The second-order valence-corrected chi connectivity index (χ2v) is 6.55. The highest BCUT2D eigenvalue weighted by Gasteiger charge is 2.26. The predicted molar refractivity (Wildman–Crippen MR) is 105 cm³/mol. The summed E-state index contributed by atoms with van der Waals surface area (Å²) in [4.78, 5) is 22.9. The number of hydrogen-bond acceptors (Lipinski definition) is 6. The summed E-state index contributed by atoms with van der Waals surface area (Å²) in [6.45, 7) is 3.16. The fourth-order valence-electron chi connectivity index (χ4n) is 3.41. The molecule has 0 bridgehead atoms. The second-order valence-electron chi connectivity index (χ2n) is 6.55. The number of likely N-dealkylation sites (tertiary alicyclic amines) is 1. The van der Waals surface area contributed by atoms with Gasteiger partial charge < -0.3 is 15.4 Å². The number of hydrogen-bond donors (Lipinski definition) is 2. The van der Waals surface area contributed by atoms with Crippen molar-refractivity contribution in [1.29, 1.82) is 0 Å². The Hall–Kier alpha value is -2.67. The summed E-state index contributed by atoms with van der Waals surface area (Å²) in [6.07, 6.45) is 6.10. The molecule has 27 heavy (non-hydrogen) atoms. The summed E-state index contributed by atoms with van der Waals surface area (Å²) in [5, 5.41) is 6.13. The second kappa shape index (κ2) is 9.87. The van der Waals surface area contributed by atoms with Gasteiger partial charge in [0, 0.05) is 37.5 Å². The van der Waals surface area contributed by atoms with Crippen LogP contribution in [-0.4, -0.2) is 54.1 Å². The smallest absolute Gasteiger partial charge is 0.222 e. The van der Waals surface area contributed by atoms with Crippen LogP contribution >= 0.6 is 0 Å². The van der Waals surface area contributed by atoms with Gasteiger partial charge in [-0.2, -0.15) is 0 Å². The van der Waals surface area contributed by atoms with Gasteiger partial charge in [-0.3, -0.25) is 9.69 Å². The van der Waals surface area contributed by atoms with Crippen molar-refractivity contribution in [3.05, 3.63) is 48.3 Å². The first-order valence-corrected chi connectivity index (χ1v) is 9.42. The molecule has 1 aliphatic heterocycles. The zero-order chi connectivity index (χ0) is 18.9. The Bertz CT molecular complexity index is 719. The van der Waals surface area contributed by atoms with Crippen molar-refractivity contribution >= 4 is 11.9 Å². The van der Waals surface area contributed by atoms with E-state index < -0.39 is 0 Å². The summed E-state index contributed by atoms with van der Waals surface area (Å²) >= 11 is 0. The molecule has 0 spiro atoms. The zero-order valence-electron chi connectivity index (χ0n) is 15.7. The monoisotopic (exact) mass is 369 g/mol. The Morgan fingerprint density at radius 3 is 2.67 bits per heavy atom. The van der Waals surface area contributed by atoms with Crippen molar-refractivity contribution in [3.63, 3.8) is 0 Å². The van der Waals surface area contributed by atoms with E-state index in [2.05, 4.69) is 31.6 Å². The van der Waals surface area contributed by atoms with Gasteiger partial charge >= 0.3 is 0 Å². The minimum absolute atomic E-state index is 0.0116. The van der Waals surface area contributed by atoms with Crippen molar-refractivity contribution in [1.82, 2.24) is 20.2 Å². The average molecular weight is 369 g/mol. The van der Waals surface area contributed by atoms with E-state index in [0.717, 1.165) is 24.4 Å². The Morgan fingerprint density at radius 1 is 1.19 bits per heavy atom. The van der Waals surface area contributed by atoms with Gasteiger partial charge in [-0.05, 0) is 38.1 Å². The van der Waals surface area contributed by atoms with Crippen LogP contribution in [0.3, 0.4) is 0 Å². The Morgan fingerprint density at radius 2 is 1.93 bits per heavy atom. The summed E-state index contributed by atoms with van der Waals surface area (Å²) in [6, 6.07) is 9.93. The molecule has 0 saturated carbocycles. The van der Waals surface area contributed by atoms with Crippen LogP contribution in [-0.2, 0) is 4.79 Å². The molecule has 1 aliphatic rings. The van der Waals surface area contributed by atoms with E-state index in [1.165, 1.54) is 12.8 Å². The van der Waals surface area contributed by atoms with Gasteiger partial charge in [0.2, 0.25) is 11.9 Å². The molecule has 0 unspecified atom stereocenters. The van der Waals surface area contributed by atoms with Crippen molar-refractivity contribution < 1.29 is 9.53 Å². The lowest BCUT2D eigenvalue weighted by molar-refractivity contribution is -0.121. The Kier molecular flexibility index (Phi) is 6.98. The summed E-state index contributed by atoms with van der Waals surface area (Å²) in [5.41, 5.74) is 1.12. The molecule has 144 valence electrons. The maximum atomic E-state index is 12.3. The summed E-state index contributed by atoms with van der Waals surface area (Å²) in [7, 11) is 1.69. The van der Waals surface area contributed by atoms with E-state index in [-0.39, 0.29) is 11.9 Å². The van der Waals surface area contributed by atoms with Crippen LogP contribution in [0.4, 0.5) is 5.95 Å². The molecule has 2 heterocycles. The molecule has 1 saturated heterocycles. The molecule has 7 nitrogen and oxygen atoms in total. The van der Waals surface area contributed by atoms with Crippen molar-refractivity contribution in [2.45, 2.75) is 25.3 Å². The van der Waals surface area contributed by atoms with E-state index in [0.29, 0.717) is 25.5 Å². The molecule has 0 aliphatic carbocycles. The topological polar surface area (TPSA) is 79.4 Å². The number of nitrogens with zero attached hydrogens (tertiary/aromatic N) is 3. The maximum absolute atomic E-state index is 12.3. The minimum atomic E-state index is 0.0116. The number of rotatable bonds is 9. The summed E-state index contributed by atoms with van der Waals surface area (Å²) < 4.78 is 5.54. The Labute approximate surface area is 160 Å². The fraction of sp³-hybridized carbons (Fsp3) is 0.450. The van der Waals surface area contributed by atoms with E-state index in [1.807, 2.05) is 18.2 Å². The van der Waals surface area contributed by atoms with Crippen LogP contribution in [0.25, 0.3) is 0 Å². The number of anilines is 1. The molecule has 1 atom stereocenters. The third-order valence-corrected chi connectivity index (χ3v) is 4.77. The quantitative estimate of drug-likeness (QED) is 0.706. The molecule has 7 heteroatoms. The largest absolute Gasteiger partial charge is 0.496 e. The predicted octanol–water partition coefficient (Wildman–Crippen LogP) is 2.24. The van der Waals surface area contributed by atoms with Gasteiger partial charge in [0.05, 0.1) is 13.2 Å². The number of nitrogens with one attached hydrogen (secondary N) is 2. The lowest BCUT2D eigenvalue weighted by Gasteiger charge is -2.29. The Balaban J connectivity index is 1.55. The molecule has 1 aromatic heterocycles. The van der Waals surface area contributed by atoms with E-state index in [9.17, 15) is 4.79 Å². The highest BCUT2D eigenvalue weighted by atomic mass is 16.5. The minimum Gasteiger partial charge on any atom is -0.496 e. The normalized spacial score (nSPS) is 15.3. The molecule has 1 fully saturated rings. The fourth-order valence-corrected chi connectivity index (χ4v) is 3.41. The van der Waals surface area contributed by atoms with Crippen LogP contribution < -0.4 is 15.4 Å². The number of carbonyl (C=O) groups excluding carboxylic acids is 1. The third kappa shape index (κ3) is 5.40. The molecule has 1 aromatic carbocycles. The van der Waals surface area contributed by atoms with Crippen LogP contribution in [0.1, 0.15) is 30.9 Å². The molecule has 0 radical (unpaired) electrons. The zero-order valence-corrected chi connectivity index (χ0v) is 15.7. The van der Waals surface area contributed by atoms with Crippen molar-refractivity contribution in [2.75, 3.05) is 38.6 Å². The van der Waals surface area contributed by atoms with Gasteiger partial charge in [-0.15, -0.1) is 0 Å². The third-order valence-electron chi connectivity index (χ3n) is 4.77. The van der Waals surface area contributed by atoms with Crippen LogP contribution in [0.15, 0.2) is 42.7 Å². The van der Waals surface area contributed by atoms with Gasteiger partial charge in [-0.1, -0.05) is 18.2 Å². The highest BCUT2D eigenvalue weighted by molar-refractivity contribution is 5.76. The molecule has 1 amide bonds. The molecule has 2 N–H and O–H groups in total. The number of amides is 1. The van der Waals surface area contributed by atoms with Gasteiger partial charge in [0.1, 0.15) is 5.75 Å². The lowest BCUT2D eigenvalue weighted by Crippen LogP contribution is -2.37. The van der Waals surface area contributed by atoms with Crippen LogP contribution in [0.2, 0.25) is 0 Å². The SMILES string of the molecule is COc1ccccc1[C@@H](CNC(=O)CCNc1ncccn1)N1CCCC1. The van der Waals surface area contributed by atoms with E-state index >= 15 is 0 Å². The molecule has 3 rings (SSSR count). The lowest BCUT2D eigenvalue weighted by atomic mass is 10.0. The van der Waals surface area contributed by atoms with E-state index in [4.69, 9.17) is 4.74 Å². The molecular weight excluding hydrogens is 342 g/mol. The van der Waals surface area contributed by atoms with E-state index in [1.54, 1.807) is 25.6 Å². The van der Waals surface area contributed by atoms with Gasteiger partial charge in [-0.25, -0.2) is 9.97 Å². The number of ether oxygens (including phenoxy) is 1. The highest BCUT2D eigenvalue weighted by Crippen LogP contribution is 2.31. The molecular formula is C20H27N5O2. The average Bonchev–Trinajstić information content (AvgIpc) is 3.24. The maximum Gasteiger partial charge on any atom is 0.222 e. The molecule has 2 aromatic rings. The number of para-hydroxylation sites is 1. The number of methoxy groups -OCH3 is 1. The van der Waals surface area contributed by atoms with Crippen LogP contribution in [0, 0.1) is 0 Å². The standard InChI is InChI=1S/C20H27N5O2/c1-27-18-8-3-2-7-16(18)17(25-13-4-5-14-25)15-24-19(26)9-12-23-20-21-10-6-11-22-20/h2-3,6-8,10-11,17H,4-5,9,12-15H2,1H3,(H,24,26)(H,21,22,23)/t17-/m1/s1. The van der Waals surface area contributed by atoms with Crippen molar-refractivity contribution in [2.24, 2.45) is 0 Å². The number of aromatic nitrogens is 2. The summed E-state index contributed by atoms with van der Waals surface area (Å²) in [5.74, 6) is 1.42.